The fourth-order valence-electron chi connectivity index (χ4n) is 4.79. The maximum absolute atomic E-state index is 13.5. The van der Waals surface area contributed by atoms with E-state index >= 15 is 0 Å². The molecule has 0 spiro atoms. The molecule has 0 aliphatic carbocycles. The molecule has 6 nitrogen and oxygen atoms in total. The van der Waals surface area contributed by atoms with Crippen molar-refractivity contribution in [3.05, 3.63) is 94.6 Å². The van der Waals surface area contributed by atoms with E-state index in [4.69, 9.17) is 4.74 Å². The van der Waals surface area contributed by atoms with Crippen molar-refractivity contribution >= 4 is 23.1 Å². The molecule has 4 rings (SSSR count). The van der Waals surface area contributed by atoms with Crippen molar-refractivity contribution in [3.63, 3.8) is 0 Å². The van der Waals surface area contributed by atoms with Gasteiger partial charge in [-0.15, -0.1) is 0 Å². The van der Waals surface area contributed by atoms with Gasteiger partial charge in [0.25, 0.3) is 11.7 Å². The Labute approximate surface area is 224 Å². The molecular formula is C32H35NO5. The van der Waals surface area contributed by atoms with Crippen molar-refractivity contribution in [2.75, 3.05) is 11.5 Å². The minimum Gasteiger partial charge on any atom is -0.508 e. The molecule has 38 heavy (non-hydrogen) atoms. The Morgan fingerprint density at radius 1 is 0.974 bits per heavy atom. The molecule has 2 N–H and O–H groups in total. The Morgan fingerprint density at radius 3 is 2.16 bits per heavy atom. The van der Waals surface area contributed by atoms with Crippen LogP contribution in [0.4, 0.5) is 5.69 Å². The number of hydrogen-bond donors (Lipinski definition) is 2. The van der Waals surface area contributed by atoms with E-state index in [1.54, 1.807) is 24.3 Å². The van der Waals surface area contributed by atoms with Crippen molar-refractivity contribution in [2.45, 2.75) is 58.9 Å². The SMILES string of the molecule is CCOc1ccc(/C(O)=C2/C(=O)C(=O)N(c3ccc(C(C)C)cc3)C2c2ccc(O)cc2)cc1C(C)(C)C. The third kappa shape index (κ3) is 5.03. The topological polar surface area (TPSA) is 87.1 Å². The molecule has 0 aromatic heterocycles. The van der Waals surface area contributed by atoms with E-state index in [-0.39, 0.29) is 22.5 Å². The lowest BCUT2D eigenvalue weighted by molar-refractivity contribution is -0.132. The van der Waals surface area contributed by atoms with Gasteiger partial charge in [0, 0.05) is 16.8 Å². The molecule has 1 aliphatic heterocycles. The van der Waals surface area contributed by atoms with E-state index in [2.05, 4.69) is 13.8 Å². The number of phenols is 1. The molecule has 3 aromatic carbocycles. The summed E-state index contributed by atoms with van der Waals surface area (Å²) in [6, 6.07) is 18.3. The number of nitrogens with zero attached hydrogens (tertiary/aromatic N) is 1. The second kappa shape index (κ2) is 10.4. The van der Waals surface area contributed by atoms with E-state index in [1.165, 1.54) is 17.0 Å². The number of phenolic OH excluding ortho intramolecular Hbond substituents is 1. The number of hydrogen-bond acceptors (Lipinski definition) is 5. The van der Waals surface area contributed by atoms with Gasteiger partial charge in [-0.25, -0.2) is 0 Å². The van der Waals surface area contributed by atoms with Crippen LogP contribution in [0.15, 0.2) is 72.3 Å². The maximum Gasteiger partial charge on any atom is 0.300 e. The first-order chi connectivity index (χ1) is 17.9. The number of aliphatic hydroxyl groups excluding tert-OH is 1. The van der Waals surface area contributed by atoms with E-state index in [0.29, 0.717) is 35.1 Å². The molecule has 6 heteroatoms. The number of amides is 1. The van der Waals surface area contributed by atoms with Gasteiger partial charge in [-0.3, -0.25) is 14.5 Å². The minimum atomic E-state index is -0.870. The number of aromatic hydroxyl groups is 1. The molecule has 1 aliphatic rings. The highest BCUT2D eigenvalue weighted by Gasteiger charge is 2.47. The smallest absolute Gasteiger partial charge is 0.300 e. The summed E-state index contributed by atoms with van der Waals surface area (Å²) < 4.78 is 5.81. The third-order valence-electron chi connectivity index (χ3n) is 6.85. The van der Waals surface area contributed by atoms with Crippen molar-refractivity contribution in [1.82, 2.24) is 0 Å². The van der Waals surface area contributed by atoms with Crippen molar-refractivity contribution in [2.24, 2.45) is 0 Å². The standard InChI is InChI=1S/C32H35NO5/c1-7-38-26-17-12-22(18-25(26)32(4,5)6)29(35)27-28(21-10-15-24(34)16-11-21)33(31(37)30(27)36)23-13-8-20(9-14-23)19(2)3/h8-19,28,34-35H,7H2,1-6H3/b29-27-. The van der Waals surface area contributed by atoms with Crippen LogP contribution in [0.1, 0.15) is 75.8 Å². The zero-order valence-corrected chi connectivity index (χ0v) is 22.8. The first kappa shape index (κ1) is 27.0. The minimum absolute atomic E-state index is 0.00218. The molecule has 0 radical (unpaired) electrons. The van der Waals surface area contributed by atoms with Gasteiger partial charge in [0.15, 0.2) is 0 Å². The fraction of sp³-hybridized carbons (Fsp3) is 0.312. The number of carbonyl (C=O) groups is 2. The van der Waals surface area contributed by atoms with E-state index in [9.17, 15) is 19.8 Å². The molecule has 1 saturated heterocycles. The summed E-state index contributed by atoms with van der Waals surface area (Å²) in [6.07, 6.45) is 0. The summed E-state index contributed by atoms with van der Waals surface area (Å²) in [6.45, 7) is 12.7. The van der Waals surface area contributed by atoms with Gasteiger partial charge >= 0.3 is 0 Å². The normalized spacial score (nSPS) is 17.3. The number of Topliss-reactive ketones (excluding diaryl/α,β-unsaturated/α-hetero) is 1. The lowest BCUT2D eigenvalue weighted by Crippen LogP contribution is -2.29. The quantitative estimate of drug-likeness (QED) is 0.214. The lowest BCUT2D eigenvalue weighted by Gasteiger charge is -2.26. The largest absolute Gasteiger partial charge is 0.508 e. The average molecular weight is 514 g/mol. The first-order valence-corrected chi connectivity index (χ1v) is 12.9. The molecule has 0 bridgehead atoms. The van der Waals surface area contributed by atoms with E-state index in [1.807, 2.05) is 58.0 Å². The zero-order valence-electron chi connectivity index (χ0n) is 22.8. The average Bonchev–Trinajstić information content (AvgIpc) is 3.14. The molecule has 0 saturated carbocycles. The number of rotatable bonds is 6. The lowest BCUT2D eigenvalue weighted by atomic mass is 9.84. The molecule has 1 unspecified atom stereocenters. The maximum atomic E-state index is 13.5. The number of ketones is 1. The van der Waals surface area contributed by atoms with Crippen LogP contribution >= 0.6 is 0 Å². The monoisotopic (exact) mass is 513 g/mol. The van der Waals surface area contributed by atoms with Crippen LogP contribution in [0.25, 0.3) is 5.76 Å². The summed E-state index contributed by atoms with van der Waals surface area (Å²) in [5, 5.41) is 21.5. The Kier molecular flexibility index (Phi) is 7.36. The summed E-state index contributed by atoms with van der Waals surface area (Å²) in [4.78, 5) is 28.4. The van der Waals surface area contributed by atoms with Crippen LogP contribution in [-0.4, -0.2) is 28.5 Å². The molecule has 198 valence electrons. The van der Waals surface area contributed by atoms with Crippen LogP contribution < -0.4 is 9.64 Å². The van der Waals surface area contributed by atoms with Crippen LogP contribution in [0, 0.1) is 0 Å². The molecular weight excluding hydrogens is 478 g/mol. The van der Waals surface area contributed by atoms with Gasteiger partial charge in [-0.1, -0.05) is 58.9 Å². The van der Waals surface area contributed by atoms with Crippen LogP contribution in [0.3, 0.4) is 0 Å². The van der Waals surface area contributed by atoms with Crippen molar-refractivity contribution in [1.29, 1.82) is 0 Å². The molecule has 1 heterocycles. The zero-order chi connectivity index (χ0) is 27.8. The van der Waals surface area contributed by atoms with Crippen molar-refractivity contribution < 1.29 is 24.5 Å². The number of anilines is 1. The van der Waals surface area contributed by atoms with Crippen LogP contribution in [0.2, 0.25) is 0 Å². The number of ether oxygens (including phenoxy) is 1. The molecule has 1 amide bonds. The highest BCUT2D eigenvalue weighted by Crippen LogP contribution is 2.43. The van der Waals surface area contributed by atoms with E-state index in [0.717, 1.165) is 11.1 Å². The van der Waals surface area contributed by atoms with Gasteiger partial charge in [0.1, 0.15) is 17.3 Å². The van der Waals surface area contributed by atoms with E-state index < -0.39 is 17.7 Å². The van der Waals surface area contributed by atoms with Gasteiger partial charge in [-0.2, -0.15) is 0 Å². The second-order valence-corrected chi connectivity index (χ2v) is 10.9. The Balaban J connectivity index is 1.92. The highest BCUT2D eigenvalue weighted by atomic mass is 16.5. The fourth-order valence-corrected chi connectivity index (χ4v) is 4.79. The predicted molar refractivity (Wildman–Crippen MR) is 150 cm³/mol. The van der Waals surface area contributed by atoms with Crippen molar-refractivity contribution in [3.8, 4) is 11.5 Å². The summed E-state index contributed by atoms with van der Waals surface area (Å²) >= 11 is 0. The third-order valence-corrected chi connectivity index (χ3v) is 6.85. The second-order valence-electron chi connectivity index (χ2n) is 10.9. The predicted octanol–water partition coefficient (Wildman–Crippen LogP) is 6.84. The molecule has 3 aromatic rings. The van der Waals surface area contributed by atoms with Crippen LogP contribution in [0.5, 0.6) is 11.5 Å². The highest BCUT2D eigenvalue weighted by molar-refractivity contribution is 6.51. The van der Waals surface area contributed by atoms with Gasteiger partial charge in [0.05, 0.1) is 18.2 Å². The van der Waals surface area contributed by atoms with Gasteiger partial charge < -0.3 is 14.9 Å². The number of carbonyl (C=O) groups excluding carboxylic acids is 2. The number of benzene rings is 3. The first-order valence-electron chi connectivity index (χ1n) is 12.9. The van der Waals surface area contributed by atoms with Crippen LogP contribution in [-0.2, 0) is 15.0 Å². The summed E-state index contributed by atoms with van der Waals surface area (Å²) in [5.74, 6) is -0.658. The van der Waals surface area contributed by atoms with Gasteiger partial charge in [0.2, 0.25) is 0 Å². The molecule has 1 atom stereocenters. The Hall–Kier alpha value is -4.06. The Morgan fingerprint density at radius 2 is 1.61 bits per heavy atom. The number of aliphatic hydroxyl groups is 1. The summed E-state index contributed by atoms with van der Waals surface area (Å²) in [5.41, 5.74) is 3.27. The summed E-state index contributed by atoms with van der Waals surface area (Å²) in [7, 11) is 0. The van der Waals surface area contributed by atoms with Gasteiger partial charge in [-0.05, 0) is 71.8 Å². The Bertz CT molecular complexity index is 1380. The molecule has 1 fully saturated rings.